The Hall–Kier alpha value is -0.910. The highest BCUT2D eigenvalue weighted by Gasteiger charge is 2.02. The van der Waals surface area contributed by atoms with E-state index in [1.165, 1.54) is 16.2 Å². The number of aliphatic hydroxyl groups is 1. The molecule has 2 rings (SSSR count). The van der Waals surface area contributed by atoms with Gasteiger partial charge in [0.1, 0.15) is 0 Å². The van der Waals surface area contributed by atoms with E-state index in [0.29, 0.717) is 5.13 Å². The molecule has 0 fully saturated rings. The summed E-state index contributed by atoms with van der Waals surface area (Å²) in [4.78, 5) is 6.50. The molecular weight excluding hydrogens is 228 g/mol. The lowest BCUT2D eigenvalue weighted by atomic mass is 10.2. The molecule has 2 heterocycles. The second-order valence-electron chi connectivity index (χ2n) is 3.20. The van der Waals surface area contributed by atoms with Gasteiger partial charge in [0.2, 0.25) is 0 Å². The van der Waals surface area contributed by atoms with Gasteiger partial charge in [-0.2, -0.15) is 0 Å². The first kappa shape index (κ1) is 10.6. The van der Waals surface area contributed by atoms with Crippen LogP contribution in [0.1, 0.15) is 15.4 Å². The number of nitrogen functional groups attached to an aromatic ring is 1. The van der Waals surface area contributed by atoms with E-state index in [-0.39, 0.29) is 6.61 Å². The summed E-state index contributed by atoms with van der Waals surface area (Å²) in [5.74, 6) is 0. The highest BCUT2D eigenvalue weighted by molar-refractivity contribution is 7.13. The van der Waals surface area contributed by atoms with Crippen LogP contribution < -0.4 is 5.73 Å². The SMILES string of the molecule is Nc1nc(CCc2ccc(CO)s2)cs1. The van der Waals surface area contributed by atoms with Crippen molar-refractivity contribution in [2.45, 2.75) is 19.4 Å². The van der Waals surface area contributed by atoms with E-state index >= 15 is 0 Å². The highest BCUT2D eigenvalue weighted by atomic mass is 32.1. The van der Waals surface area contributed by atoms with Gasteiger partial charge in [0.25, 0.3) is 0 Å². The minimum absolute atomic E-state index is 0.133. The molecule has 0 radical (unpaired) electrons. The van der Waals surface area contributed by atoms with Crippen molar-refractivity contribution in [3.8, 4) is 0 Å². The Bertz CT molecular complexity index is 436. The third-order valence-corrected chi connectivity index (χ3v) is 3.92. The lowest BCUT2D eigenvalue weighted by Crippen LogP contribution is -1.90. The predicted octanol–water partition coefficient (Wildman–Crippen LogP) is 2.06. The summed E-state index contributed by atoms with van der Waals surface area (Å²) < 4.78 is 0. The largest absolute Gasteiger partial charge is 0.391 e. The quantitative estimate of drug-likeness (QED) is 0.860. The Morgan fingerprint density at radius 2 is 2.07 bits per heavy atom. The first-order chi connectivity index (χ1) is 7.28. The lowest BCUT2D eigenvalue weighted by Gasteiger charge is -1.93. The van der Waals surface area contributed by atoms with Gasteiger partial charge in [0.05, 0.1) is 12.3 Å². The smallest absolute Gasteiger partial charge is 0.180 e. The van der Waals surface area contributed by atoms with E-state index in [2.05, 4.69) is 11.1 Å². The number of thiophene rings is 1. The summed E-state index contributed by atoms with van der Waals surface area (Å²) in [6, 6.07) is 4.03. The summed E-state index contributed by atoms with van der Waals surface area (Å²) in [5, 5.41) is 11.6. The minimum atomic E-state index is 0.133. The number of aliphatic hydroxyl groups excluding tert-OH is 1. The molecule has 5 heteroatoms. The third-order valence-electron chi connectivity index (χ3n) is 2.07. The second-order valence-corrected chi connectivity index (χ2v) is 5.35. The van der Waals surface area contributed by atoms with Crippen LogP contribution in [0.5, 0.6) is 0 Å². The van der Waals surface area contributed by atoms with Crippen molar-refractivity contribution in [3.05, 3.63) is 33.0 Å². The van der Waals surface area contributed by atoms with Crippen LogP contribution in [0.3, 0.4) is 0 Å². The number of nitrogens with zero attached hydrogens (tertiary/aromatic N) is 1. The molecule has 0 aliphatic rings. The van der Waals surface area contributed by atoms with Crippen LogP contribution in [0.15, 0.2) is 17.5 Å². The van der Waals surface area contributed by atoms with E-state index in [1.54, 1.807) is 11.3 Å². The maximum absolute atomic E-state index is 8.92. The van der Waals surface area contributed by atoms with Gasteiger partial charge in [-0.1, -0.05) is 0 Å². The van der Waals surface area contributed by atoms with E-state index in [9.17, 15) is 0 Å². The standard InChI is InChI=1S/C10H12N2OS2/c11-10-12-7(6-14-10)1-2-8-3-4-9(5-13)15-8/h3-4,6,13H,1-2,5H2,(H2,11,12). The molecule has 15 heavy (non-hydrogen) atoms. The van der Waals surface area contributed by atoms with Gasteiger partial charge in [-0.25, -0.2) is 4.98 Å². The molecule has 0 spiro atoms. The van der Waals surface area contributed by atoms with Crippen molar-refractivity contribution in [1.29, 1.82) is 0 Å². The van der Waals surface area contributed by atoms with Crippen LogP contribution >= 0.6 is 22.7 Å². The first-order valence-corrected chi connectivity index (χ1v) is 6.36. The topological polar surface area (TPSA) is 59.1 Å². The number of aryl methyl sites for hydroxylation is 2. The number of anilines is 1. The van der Waals surface area contributed by atoms with Gasteiger partial charge in [-0.05, 0) is 25.0 Å². The van der Waals surface area contributed by atoms with Crippen LogP contribution in [-0.4, -0.2) is 10.1 Å². The van der Waals surface area contributed by atoms with Gasteiger partial charge in [0, 0.05) is 15.1 Å². The molecule has 0 aromatic carbocycles. The molecule has 3 N–H and O–H groups in total. The van der Waals surface area contributed by atoms with Crippen molar-refractivity contribution in [2.24, 2.45) is 0 Å². The zero-order chi connectivity index (χ0) is 10.7. The molecule has 3 nitrogen and oxygen atoms in total. The average molecular weight is 240 g/mol. The Labute approximate surface area is 96.2 Å². The van der Waals surface area contributed by atoms with Crippen LogP contribution in [-0.2, 0) is 19.4 Å². The number of aromatic nitrogens is 1. The fraction of sp³-hybridized carbons (Fsp3) is 0.300. The molecule has 0 aliphatic heterocycles. The van der Waals surface area contributed by atoms with E-state index in [4.69, 9.17) is 10.8 Å². The van der Waals surface area contributed by atoms with Gasteiger partial charge in [-0.15, -0.1) is 22.7 Å². The molecular formula is C10H12N2OS2. The Balaban J connectivity index is 1.93. The summed E-state index contributed by atoms with van der Waals surface area (Å²) >= 11 is 3.13. The number of rotatable bonds is 4. The van der Waals surface area contributed by atoms with E-state index < -0.39 is 0 Å². The van der Waals surface area contributed by atoms with Crippen molar-refractivity contribution >= 4 is 27.8 Å². The molecule has 0 bridgehead atoms. The molecule has 80 valence electrons. The molecule has 0 atom stereocenters. The van der Waals surface area contributed by atoms with E-state index in [0.717, 1.165) is 23.4 Å². The predicted molar refractivity (Wildman–Crippen MR) is 64.2 cm³/mol. The third kappa shape index (κ3) is 2.77. The van der Waals surface area contributed by atoms with Crippen molar-refractivity contribution < 1.29 is 5.11 Å². The molecule has 2 aromatic heterocycles. The fourth-order valence-electron chi connectivity index (χ4n) is 1.33. The first-order valence-electron chi connectivity index (χ1n) is 4.66. The molecule has 0 aliphatic carbocycles. The number of hydrogen-bond acceptors (Lipinski definition) is 5. The highest BCUT2D eigenvalue weighted by Crippen LogP contribution is 2.19. The molecule has 2 aromatic rings. The Morgan fingerprint density at radius 1 is 1.27 bits per heavy atom. The lowest BCUT2D eigenvalue weighted by molar-refractivity contribution is 0.285. The normalized spacial score (nSPS) is 10.7. The zero-order valence-electron chi connectivity index (χ0n) is 8.14. The zero-order valence-corrected chi connectivity index (χ0v) is 9.77. The fourth-order valence-corrected chi connectivity index (χ4v) is 2.81. The molecule has 0 unspecified atom stereocenters. The molecule has 0 saturated carbocycles. The Morgan fingerprint density at radius 3 is 2.67 bits per heavy atom. The van der Waals surface area contributed by atoms with Crippen LogP contribution in [0.25, 0.3) is 0 Å². The number of thiazole rings is 1. The molecule has 0 amide bonds. The second kappa shape index (κ2) is 4.74. The number of nitrogens with two attached hydrogens (primary N) is 1. The number of hydrogen-bond donors (Lipinski definition) is 2. The minimum Gasteiger partial charge on any atom is -0.391 e. The van der Waals surface area contributed by atoms with Crippen molar-refractivity contribution in [1.82, 2.24) is 4.98 Å². The van der Waals surface area contributed by atoms with Gasteiger partial charge < -0.3 is 10.8 Å². The summed E-state index contributed by atoms with van der Waals surface area (Å²) in [6.07, 6.45) is 1.88. The Kier molecular flexibility index (Phi) is 3.35. The maximum atomic E-state index is 8.92. The van der Waals surface area contributed by atoms with Crippen LogP contribution in [0, 0.1) is 0 Å². The van der Waals surface area contributed by atoms with Crippen LogP contribution in [0.4, 0.5) is 5.13 Å². The maximum Gasteiger partial charge on any atom is 0.180 e. The van der Waals surface area contributed by atoms with Gasteiger partial charge in [0.15, 0.2) is 5.13 Å². The monoisotopic (exact) mass is 240 g/mol. The summed E-state index contributed by atoms with van der Waals surface area (Å²) in [7, 11) is 0. The van der Waals surface area contributed by atoms with Crippen molar-refractivity contribution in [2.75, 3.05) is 5.73 Å². The average Bonchev–Trinajstić information content (AvgIpc) is 2.83. The van der Waals surface area contributed by atoms with Crippen molar-refractivity contribution in [3.63, 3.8) is 0 Å². The molecule has 0 saturated heterocycles. The van der Waals surface area contributed by atoms with Gasteiger partial charge in [-0.3, -0.25) is 0 Å². The summed E-state index contributed by atoms with van der Waals surface area (Å²) in [5.41, 5.74) is 6.60. The van der Waals surface area contributed by atoms with Gasteiger partial charge >= 0.3 is 0 Å². The summed E-state index contributed by atoms with van der Waals surface area (Å²) in [6.45, 7) is 0.133. The van der Waals surface area contributed by atoms with Crippen LogP contribution in [0.2, 0.25) is 0 Å². The van der Waals surface area contributed by atoms with E-state index in [1.807, 2.05) is 11.4 Å².